The summed E-state index contributed by atoms with van der Waals surface area (Å²) in [6, 6.07) is 16.3. The maximum absolute atomic E-state index is 11.0. The van der Waals surface area contributed by atoms with Crippen LogP contribution in [0.4, 0.5) is 5.69 Å². The molecule has 2 aromatic carbocycles. The number of rotatable bonds is 4. The fraction of sp³-hybridized carbons (Fsp3) is 0.0714. The summed E-state index contributed by atoms with van der Waals surface area (Å²) in [4.78, 5) is 11.0. The van der Waals surface area contributed by atoms with Crippen molar-refractivity contribution in [2.45, 2.75) is 0 Å². The Morgan fingerprint density at radius 1 is 1.06 bits per heavy atom. The number of benzene rings is 2. The first-order valence-corrected chi connectivity index (χ1v) is 5.51. The quantitative estimate of drug-likeness (QED) is 0.867. The van der Waals surface area contributed by atoms with Crippen LogP contribution in [-0.2, 0) is 4.79 Å². The largest absolute Gasteiger partial charge is 0.457 e. The number of anilines is 1. The Morgan fingerprint density at radius 3 is 2.50 bits per heavy atom. The van der Waals surface area contributed by atoms with Crippen molar-refractivity contribution in [3.05, 3.63) is 54.6 Å². The molecule has 0 heterocycles. The van der Waals surface area contributed by atoms with Crippen LogP contribution in [0.15, 0.2) is 54.6 Å². The summed E-state index contributed by atoms with van der Waals surface area (Å²) in [5.74, 6) is 0.895. The Hall–Kier alpha value is -2.33. The van der Waals surface area contributed by atoms with Crippen LogP contribution in [0.2, 0.25) is 0 Å². The van der Waals surface area contributed by atoms with Gasteiger partial charge in [-0.1, -0.05) is 24.3 Å². The molecule has 0 fully saturated rings. The summed E-state index contributed by atoms with van der Waals surface area (Å²) in [7, 11) is 0. The second-order valence-electron chi connectivity index (χ2n) is 3.65. The van der Waals surface area contributed by atoms with Gasteiger partial charge in [0.05, 0.1) is 0 Å². The molecular formula is C14H13NO3. The van der Waals surface area contributed by atoms with E-state index in [1.165, 1.54) is 0 Å². The SMILES string of the molecule is O=C(CO)Nc1cccc(Oc2ccccc2)c1. The maximum Gasteiger partial charge on any atom is 0.250 e. The average Bonchev–Trinajstić information content (AvgIpc) is 2.40. The lowest BCUT2D eigenvalue weighted by Crippen LogP contribution is -2.15. The summed E-state index contributed by atoms with van der Waals surface area (Å²) in [6.45, 7) is -0.538. The normalized spacial score (nSPS) is 9.83. The molecule has 4 heteroatoms. The van der Waals surface area contributed by atoms with E-state index >= 15 is 0 Å². The van der Waals surface area contributed by atoms with Crippen molar-refractivity contribution in [3.8, 4) is 11.5 Å². The van der Waals surface area contributed by atoms with Gasteiger partial charge in [0.2, 0.25) is 5.91 Å². The number of nitrogens with one attached hydrogen (secondary N) is 1. The van der Waals surface area contributed by atoms with Gasteiger partial charge in [0.15, 0.2) is 0 Å². The van der Waals surface area contributed by atoms with Crippen molar-refractivity contribution in [2.75, 3.05) is 11.9 Å². The van der Waals surface area contributed by atoms with Crippen LogP contribution in [0, 0.1) is 0 Å². The summed E-state index contributed by atoms with van der Waals surface area (Å²) in [5, 5.41) is 11.2. The van der Waals surface area contributed by atoms with Crippen molar-refractivity contribution in [1.29, 1.82) is 0 Å². The third-order valence-corrected chi connectivity index (χ3v) is 2.24. The number of aliphatic hydroxyl groups excluding tert-OH is 1. The van der Waals surface area contributed by atoms with E-state index in [4.69, 9.17) is 9.84 Å². The number of ether oxygens (including phenoxy) is 1. The molecule has 2 rings (SSSR count). The zero-order valence-electron chi connectivity index (χ0n) is 9.67. The van der Waals surface area contributed by atoms with Gasteiger partial charge in [0.25, 0.3) is 0 Å². The molecule has 0 aliphatic carbocycles. The van der Waals surface area contributed by atoms with Gasteiger partial charge in [-0.2, -0.15) is 0 Å². The fourth-order valence-electron chi connectivity index (χ4n) is 1.46. The molecule has 1 amide bonds. The molecule has 2 N–H and O–H groups in total. The number of hydrogen-bond acceptors (Lipinski definition) is 3. The highest BCUT2D eigenvalue weighted by Gasteiger charge is 2.02. The summed E-state index contributed by atoms with van der Waals surface area (Å²) < 4.78 is 5.62. The van der Waals surface area contributed by atoms with E-state index in [2.05, 4.69) is 5.32 Å². The second kappa shape index (κ2) is 5.84. The molecule has 2 aromatic rings. The molecule has 0 bridgehead atoms. The Balaban J connectivity index is 2.10. The molecule has 92 valence electrons. The molecule has 0 radical (unpaired) electrons. The zero-order chi connectivity index (χ0) is 12.8. The predicted octanol–water partition coefficient (Wildman–Crippen LogP) is 2.41. The minimum Gasteiger partial charge on any atom is -0.457 e. The van der Waals surface area contributed by atoms with Crippen LogP contribution >= 0.6 is 0 Å². The highest BCUT2D eigenvalue weighted by Crippen LogP contribution is 2.23. The number of carbonyl (C=O) groups excluding carboxylic acids is 1. The molecule has 0 aromatic heterocycles. The average molecular weight is 243 g/mol. The zero-order valence-corrected chi connectivity index (χ0v) is 9.67. The highest BCUT2D eigenvalue weighted by atomic mass is 16.5. The molecule has 0 saturated carbocycles. The Labute approximate surface area is 105 Å². The predicted molar refractivity (Wildman–Crippen MR) is 68.7 cm³/mol. The summed E-state index contributed by atoms with van der Waals surface area (Å²) in [6.07, 6.45) is 0. The molecule has 0 atom stereocenters. The van der Waals surface area contributed by atoms with Crippen molar-refractivity contribution in [1.82, 2.24) is 0 Å². The second-order valence-corrected chi connectivity index (χ2v) is 3.65. The van der Waals surface area contributed by atoms with Crippen molar-refractivity contribution < 1.29 is 14.6 Å². The highest BCUT2D eigenvalue weighted by molar-refractivity contribution is 5.91. The molecule has 18 heavy (non-hydrogen) atoms. The lowest BCUT2D eigenvalue weighted by molar-refractivity contribution is -0.118. The molecule has 0 spiro atoms. The lowest BCUT2D eigenvalue weighted by Gasteiger charge is -2.08. The third-order valence-electron chi connectivity index (χ3n) is 2.24. The summed E-state index contributed by atoms with van der Waals surface area (Å²) >= 11 is 0. The van der Waals surface area contributed by atoms with Crippen LogP contribution in [-0.4, -0.2) is 17.6 Å². The van der Waals surface area contributed by atoms with Gasteiger partial charge in [0, 0.05) is 11.8 Å². The number of amides is 1. The van der Waals surface area contributed by atoms with E-state index in [0.29, 0.717) is 11.4 Å². The standard InChI is InChI=1S/C14H13NO3/c16-10-14(17)15-11-5-4-8-13(9-11)18-12-6-2-1-3-7-12/h1-9,16H,10H2,(H,15,17). The molecular weight excluding hydrogens is 230 g/mol. The number of carbonyl (C=O) groups is 1. The van der Waals surface area contributed by atoms with Crippen molar-refractivity contribution in [2.24, 2.45) is 0 Å². The van der Waals surface area contributed by atoms with E-state index in [-0.39, 0.29) is 0 Å². The van der Waals surface area contributed by atoms with Gasteiger partial charge in [-0.15, -0.1) is 0 Å². The van der Waals surface area contributed by atoms with E-state index < -0.39 is 12.5 Å². The van der Waals surface area contributed by atoms with E-state index in [9.17, 15) is 4.79 Å². The fourth-order valence-corrected chi connectivity index (χ4v) is 1.46. The Bertz CT molecular complexity index is 526. The first-order valence-electron chi connectivity index (χ1n) is 5.51. The minimum absolute atomic E-state index is 0.452. The van der Waals surface area contributed by atoms with Gasteiger partial charge < -0.3 is 15.2 Å². The lowest BCUT2D eigenvalue weighted by atomic mass is 10.3. The van der Waals surface area contributed by atoms with E-state index in [0.717, 1.165) is 5.75 Å². The van der Waals surface area contributed by atoms with Crippen LogP contribution in [0.5, 0.6) is 11.5 Å². The van der Waals surface area contributed by atoms with E-state index in [1.54, 1.807) is 24.3 Å². The van der Waals surface area contributed by atoms with Gasteiger partial charge >= 0.3 is 0 Å². The monoisotopic (exact) mass is 243 g/mol. The first kappa shape index (κ1) is 12.1. The van der Waals surface area contributed by atoms with Gasteiger partial charge in [-0.25, -0.2) is 0 Å². The van der Waals surface area contributed by atoms with Gasteiger partial charge in [-0.05, 0) is 24.3 Å². The molecule has 0 unspecified atom stereocenters. The van der Waals surface area contributed by atoms with Crippen molar-refractivity contribution >= 4 is 11.6 Å². The van der Waals surface area contributed by atoms with Crippen LogP contribution < -0.4 is 10.1 Å². The summed E-state index contributed by atoms with van der Waals surface area (Å²) in [5.41, 5.74) is 0.586. The third kappa shape index (κ3) is 3.33. The molecule has 0 saturated heterocycles. The maximum atomic E-state index is 11.0. The Kier molecular flexibility index (Phi) is 3.94. The topological polar surface area (TPSA) is 58.6 Å². The first-order chi connectivity index (χ1) is 8.78. The van der Waals surface area contributed by atoms with Crippen LogP contribution in [0.3, 0.4) is 0 Å². The number of para-hydroxylation sites is 1. The number of aliphatic hydroxyl groups is 1. The molecule has 0 aliphatic heterocycles. The van der Waals surface area contributed by atoms with Crippen LogP contribution in [0.1, 0.15) is 0 Å². The molecule has 0 aliphatic rings. The molecule has 4 nitrogen and oxygen atoms in total. The Morgan fingerprint density at radius 2 is 1.78 bits per heavy atom. The minimum atomic E-state index is -0.538. The van der Waals surface area contributed by atoms with Crippen molar-refractivity contribution in [3.63, 3.8) is 0 Å². The number of hydrogen-bond donors (Lipinski definition) is 2. The smallest absolute Gasteiger partial charge is 0.250 e. The van der Waals surface area contributed by atoms with Gasteiger partial charge in [-0.3, -0.25) is 4.79 Å². The van der Waals surface area contributed by atoms with Gasteiger partial charge in [0.1, 0.15) is 18.1 Å². The van der Waals surface area contributed by atoms with E-state index in [1.807, 2.05) is 30.3 Å². The van der Waals surface area contributed by atoms with Crippen LogP contribution in [0.25, 0.3) is 0 Å².